The molecule has 168 valence electrons. The molecule has 0 aliphatic carbocycles. The molecule has 1 saturated heterocycles. The molecule has 1 aliphatic heterocycles. The highest BCUT2D eigenvalue weighted by atomic mass is 35.5. The van der Waals surface area contributed by atoms with Crippen LogP contribution in [0, 0.1) is 0 Å². The zero-order chi connectivity index (χ0) is 22.8. The van der Waals surface area contributed by atoms with Crippen LogP contribution >= 0.6 is 11.6 Å². The van der Waals surface area contributed by atoms with Gasteiger partial charge in [0.1, 0.15) is 0 Å². The summed E-state index contributed by atoms with van der Waals surface area (Å²) in [6.45, 7) is 1.09. The Labute approximate surface area is 186 Å². The number of hydrogen-bond acceptors (Lipinski definition) is 6. The van der Waals surface area contributed by atoms with Crippen molar-refractivity contribution < 1.29 is 26.4 Å². The maximum Gasteiger partial charge on any atom is 0.261 e. The van der Waals surface area contributed by atoms with Gasteiger partial charge in [0, 0.05) is 32.2 Å². The zero-order valence-corrected chi connectivity index (χ0v) is 19.3. The summed E-state index contributed by atoms with van der Waals surface area (Å²) >= 11 is 5.98. The number of amides is 1. The van der Waals surface area contributed by atoms with Crippen molar-refractivity contribution >= 4 is 43.2 Å². The third-order valence-electron chi connectivity index (χ3n) is 4.60. The quantitative estimate of drug-likeness (QED) is 0.665. The highest BCUT2D eigenvalue weighted by molar-refractivity contribution is 7.92. The first-order chi connectivity index (χ1) is 14.5. The van der Waals surface area contributed by atoms with Gasteiger partial charge in [-0.2, -0.15) is 4.31 Å². The lowest BCUT2D eigenvalue weighted by Gasteiger charge is -2.26. The molecule has 1 N–H and O–H groups in total. The zero-order valence-electron chi connectivity index (χ0n) is 16.9. The van der Waals surface area contributed by atoms with Crippen molar-refractivity contribution in [3.05, 3.63) is 53.1 Å². The Bertz CT molecular complexity index is 1180. The summed E-state index contributed by atoms with van der Waals surface area (Å²) in [6, 6.07) is 9.14. The van der Waals surface area contributed by atoms with Gasteiger partial charge >= 0.3 is 0 Å². The van der Waals surface area contributed by atoms with E-state index in [1.807, 2.05) is 0 Å². The molecule has 0 atom stereocenters. The third kappa shape index (κ3) is 5.18. The maximum absolute atomic E-state index is 12.9. The molecule has 2 aromatic rings. The van der Waals surface area contributed by atoms with E-state index >= 15 is 0 Å². The molecule has 0 unspecified atom stereocenters. The first kappa shape index (κ1) is 23.5. The predicted molar refractivity (Wildman–Crippen MR) is 116 cm³/mol. The van der Waals surface area contributed by atoms with Crippen LogP contribution in [0.25, 0.3) is 0 Å². The Morgan fingerprint density at radius 3 is 2.16 bits per heavy atom. The molecular weight excluding hydrogens is 466 g/mol. The van der Waals surface area contributed by atoms with E-state index in [1.165, 1.54) is 51.7 Å². The van der Waals surface area contributed by atoms with E-state index in [4.69, 9.17) is 16.3 Å². The van der Waals surface area contributed by atoms with E-state index in [2.05, 4.69) is 4.72 Å². The molecule has 3 rings (SSSR count). The Kier molecular flexibility index (Phi) is 6.92. The second kappa shape index (κ2) is 9.13. The van der Waals surface area contributed by atoms with Gasteiger partial charge in [0.25, 0.3) is 15.9 Å². The van der Waals surface area contributed by atoms with Gasteiger partial charge in [-0.25, -0.2) is 16.8 Å². The molecule has 0 radical (unpaired) electrons. The number of anilines is 1. The molecule has 31 heavy (non-hydrogen) atoms. The first-order valence-corrected chi connectivity index (χ1v) is 12.5. The average molecular weight is 488 g/mol. The lowest BCUT2D eigenvalue weighted by atomic mass is 10.1. The fourth-order valence-corrected chi connectivity index (χ4v) is 5.61. The summed E-state index contributed by atoms with van der Waals surface area (Å²) in [5.74, 6) is -0.402. The van der Waals surface area contributed by atoms with Gasteiger partial charge in [0.05, 0.1) is 34.3 Å². The van der Waals surface area contributed by atoms with Gasteiger partial charge < -0.3 is 9.64 Å². The summed E-state index contributed by atoms with van der Waals surface area (Å²) < 4.78 is 60.0. The topological polar surface area (TPSA) is 113 Å². The van der Waals surface area contributed by atoms with E-state index in [1.54, 1.807) is 14.1 Å². The lowest BCUT2D eigenvalue weighted by Crippen LogP contribution is -2.40. The second-order valence-electron chi connectivity index (χ2n) is 6.98. The van der Waals surface area contributed by atoms with Gasteiger partial charge in [-0.3, -0.25) is 9.52 Å². The second-order valence-corrected chi connectivity index (χ2v) is 11.0. The molecule has 2 aromatic carbocycles. The van der Waals surface area contributed by atoms with Crippen LogP contribution in [-0.4, -0.2) is 72.3 Å². The van der Waals surface area contributed by atoms with Gasteiger partial charge in [0.15, 0.2) is 0 Å². The van der Waals surface area contributed by atoms with Crippen molar-refractivity contribution in [2.24, 2.45) is 0 Å². The van der Waals surface area contributed by atoms with Gasteiger partial charge in [-0.15, -0.1) is 0 Å². The largest absolute Gasteiger partial charge is 0.379 e. The number of sulfonamides is 2. The Morgan fingerprint density at radius 1 is 1.00 bits per heavy atom. The standard InChI is InChI=1S/C19H22ClN3O6S2/c1-22(2)19(24)17-8-3-14(20)13-18(17)21-30(25,26)15-4-6-16(7-5-15)31(27,28)23-9-11-29-12-10-23/h3-8,13,21H,9-12H2,1-2H3. The average Bonchev–Trinajstić information content (AvgIpc) is 2.74. The summed E-state index contributed by atoms with van der Waals surface area (Å²) in [7, 11) is -4.76. The molecule has 1 aliphatic rings. The molecule has 1 amide bonds. The van der Waals surface area contributed by atoms with E-state index in [-0.39, 0.29) is 39.2 Å². The van der Waals surface area contributed by atoms with Crippen molar-refractivity contribution in [2.45, 2.75) is 9.79 Å². The molecule has 12 heteroatoms. The summed E-state index contributed by atoms with van der Waals surface area (Å²) in [6.07, 6.45) is 0. The van der Waals surface area contributed by atoms with Gasteiger partial charge in [-0.05, 0) is 42.5 Å². The van der Waals surface area contributed by atoms with E-state index in [9.17, 15) is 21.6 Å². The highest BCUT2D eigenvalue weighted by Gasteiger charge is 2.27. The Morgan fingerprint density at radius 2 is 1.58 bits per heavy atom. The SMILES string of the molecule is CN(C)C(=O)c1ccc(Cl)cc1NS(=O)(=O)c1ccc(S(=O)(=O)N2CCOCC2)cc1. The molecule has 1 heterocycles. The minimum absolute atomic E-state index is 0.0143. The summed E-state index contributed by atoms with van der Waals surface area (Å²) in [5.41, 5.74) is 0.153. The molecule has 0 bridgehead atoms. The molecule has 9 nitrogen and oxygen atoms in total. The Balaban J connectivity index is 1.88. The van der Waals surface area contributed by atoms with Crippen molar-refractivity contribution in [1.82, 2.24) is 9.21 Å². The van der Waals surface area contributed by atoms with E-state index in [0.29, 0.717) is 13.2 Å². The summed E-state index contributed by atoms with van der Waals surface area (Å²) in [4.78, 5) is 13.5. The molecule has 0 spiro atoms. The van der Waals surface area contributed by atoms with Crippen LogP contribution in [0.3, 0.4) is 0 Å². The number of nitrogens with zero attached hydrogens (tertiary/aromatic N) is 2. The molecule has 0 aromatic heterocycles. The summed E-state index contributed by atoms with van der Waals surface area (Å²) in [5, 5.41) is 0.250. The van der Waals surface area contributed by atoms with Crippen LogP contribution in [0.2, 0.25) is 5.02 Å². The van der Waals surface area contributed by atoms with Gasteiger partial charge in [0.2, 0.25) is 10.0 Å². The number of benzene rings is 2. The van der Waals surface area contributed by atoms with Crippen molar-refractivity contribution in [1.29, 1.82) is 0 Å². The minimum Gasteiger partial charge on any atom is -0.379 e. The van der Waals surface area contributed by atoms with E-state index in [0.717, 1.165) is 0 Å². The highest BCUT2D eigenvalue weighted by Crippen LogP contribution is 2.26. The molecule has 1 fully saturated rings. The maximum atomic E-state index is 12.9. The number of hydrogen-bond donors (Lipinski definition) is 1. The van der Waals surface area contributed by atoms with Crippen molar-refractivity contribution in [2.75, 3.05) is 45.1 Å². The molecular formula is C19H22ClN3O6S2. The number of carbonyl (C=O) groups is 1. The first-order valence-electron chi connectivity index (χ1n) is 9.24. The van der Waals surface area contributed by atoms with Crippen LogP contribution in [-0.2, 0) is 24.8 Å². The monoisotopic (exact) mass is 487 g/mol. The lowest BCUT2D eigenvalue weighted by molar-refractivity contribution is 0.0730. The van der Waals surface area contributed by atoms with E-state index < -0.39 is 26.0 Å². The number of morpholine rings is 1. The molecule has 0 saturated carbocycles. The number of ether oxygens (including phenoxy) is 1. The Hall–Kier alpha value is -2.18. The van der Waals surface area contributed by atoms with Crippen molar-refractivity contribution in [3.8, 4) is 0 Å². The van der Waals surface area contributed by atoms with Crippen LogP contribution < -0.4 is 4.72 Å². The van der Waals surface area contributed by atoms with Crippen LogP contribution in [0.4, 0.5) is 5.69 Å². The smallest absolute Gasteiger partial charge is 0.261 e. The van der Waals surface area contributed by atoms with Crippen LogP contribution in [0.15, 0.2) is 52.3 Å². The fourth-order valence-electron chi connectivity index (χ4n) is 2.96. The van der Waals surface area contributed by atoms with Crippen molar-refractivity contribution in [3.63, 3.8) is 0 Å². The number of halogens is 1. The normalized spacial score (nSPS) is 15.5. The number of rotatable bonds is 6. The van der Waals surface area contributed by atoms with Crippen LogP contribution in [0.5, 0.6) is 0 Å². The number of nitrogens with one attached hydrogen (secondary N) is 1. The van der Waals surface area contributed by atoms with Gasteiger partial charge in [-0.1, -0.05) is 11.6 Å². The fraction of sp³-hybridized carbons (Fsp3) is 0.316. The van der Waals surface area contributed by atoms with Crippen LogP contribution in [0.1, 0.15) is 10.4 Å². The number of carbonyl (C=O) groups excluding carboxylic acids is 1. The predicted octanol–water partition coefficient (Wildman–Crippen LogP) is 1.86. The minimum atomic E-state index is -4.11. The third-order valence-corrected chi connectivity index (χ3v) is 8.13.